The summed E-state index contributed by atoms with van der Waals surface area (Å²) in [5.41, 5.74) is 0.880. The maximum Gasteiger partial charge on any atom is 0.225 e. The number of hydrogen-bond donors (Lipinski definition) is 0. The van der Waals surface area contributed by atoms with Gasteiger partial charge in [-0.25, -0.2) is 0 Å². The van der Waals surface area contributed by atoms with E-state index in [1.54, 1.807) is 7.11 Å². The molecule has 0 aromatic heterocycles. The lowest BCUT2D eigenvalue weighted by Gasteiger charge is -2.12. The minimum atomic E-state index is -0.520. The highest BCUT2D eigenvalue weighted by atomic mass is 16.8. The summed E-state index contributed by atoms with van der Waals surface area (Å²) in [7, 11) is 1.68. The van der Waals surface area contributed by atoms with Crippen LogP contribution in [0, 0.1) is 0 Å². The summed E-state index contributed by atoms with van der Waals surface area (Å²) >= 11 is 0. The van der Waals surface area contributed by atoms with Crippen molar-refractivity contribution in [1.29, 1.82) is 0 Å². The van der Waals surface area contributed by atoms with Crippen molar-refractivity contribution in [2.75, 3.05) is 7.11 Å². The van der Waals surface area contributed by atoms with Gasteiger partial charge >= 0.3 is 0 Å². The third-order valence-corrected chi connectivity index (χ3v) is 2.59. The summed E-state index contributed by atoms with van der Waals surface area (Å²) < 4.78 is 11.0. The maximum atomic E-state index is 5.60. The van der Waals surface area contributed by atoms with Crippen LogP contribution in [0.3, 0.4) is 0 Å². The van der Waals surface area contributed by atoms with Crippen molar-refractivity contribution in [1.82, 2.24) is 0 Å². The zero-order valence-electron chi connectivity index (χ0n) is 8.20. The Morgan fingerprint density at radius 3 is 2.08 bits per heavy atom. The second kappa shape index (κ2) is 2.56. The lowest BCUT2D eigenvalue weighted by molar-refractivity contribution is -0.0147. The minimum Gasteiger partial charge on any atom is -0.347 e. The molecule has 0 radical (unpaired) electrons. The number of ether oxygens (including phenoxy) is 2. The fraction of sp³-hybridized carbons (Fsp3) is 0.455. The highest BCUT2D eigenvalue weighted by Gasteiger charge is 2.66. The van der Waals surface area contributed by atoms with Crippen molar-refractivity contribution in [3.05, 3.63) is 35.9 Å². The van der Waals surface area contributed by atoms with Gasteiger partial charge in [-0.15, -0.1) is 0 Å². The third-order valence-electron chi connectivity index (χ3n) is 2.59. The van der Waals surface area contributed by atoms with E-state index in [4.69, 9.17) is 9.47 Å². The first-order chi connectivity index (χ1) is 6.12. The molecule has 1 aromatic rings. The quantitative estimate of drug-likeness (QED) is 0.648. The minimum absolute atomic E-state index is 0.205. The predicted octanol–water partition coefficient (Wildman–Crippen LogP) is 2.29. The van der Waals surface area contributed by atoms with E-state index in [-0.39, 0.29) is 5.60 Å². The second-order valence-electron chi connectivity index (χ2n) is 3.80. The number of rotatable bonds is 2. The molecule has 1 aliphatic rings. The first-order valence-electron chi connectivity index (χ1n) is 4.43. The molecule has 1 saturated heterocycles. The Morgan fingerprint density at radius 2 is 1.69 bits per heavy atom. The van der Waals surface area contributed by atoms with Crippen LogP contribution in [0.2, 0.25) is 0 Å². The van der Waals surface area contributed by atoms with E-state index in [2.05, 4.69) is 0 Å². The summed E-state index contributed by atoms with van der Waals surface area (Å²) in [4.78, 5) is 0. The highest BCUT2D eigenvalue weighted by Crippen LogP contribution is 2.55. The molecule has 1 aliphatic heterocycles. The van der Waals surface area contributed by atoms with Crippen LogP contribution in [-0.4, -0.2) is 12.7 Å². The number of hydrogen-bond acceptors (Lipinski definition) is 2. The summed E-state index contributed by atoms with van der Waals surface area (Å²) in [6, 6.07) is 10.0. The largest absolute Gasteiger partial charge is 0.347 e. The Bertz CT molecular complexity index is 305. The second-order valence-corrected chi connectivity index (χ2v) is 3.80. The summed E-state index contributed by atoms with van der Waals surface area (Å²) in [6.45, 7) is 4.06. The van der Waals surface area contributed by atoms with Gasteiger partial charge < -0.3 is 9.47 Å². The van der Waals surface area contributed by atoms with Gasteiger partial charge in [0.2, 0.25) is 5.79 Å². The van der Waals surface area contributed by atoms with Crippen LogP contribution in [0.25, 0.3) is 0 Å². The fourth-order valence-corrected chi connectivity index (χ4v) is 1.80. The Balaban J connectivity index is 2.37. The number of epoxide rings is 1. The van der Waals surface area contributed by atoms with E-state index >= 15 is 0 Å². The van der Waals surface area contributed by atoms with E-state index in [0.717, 1.165) is 5.56 Å². The van der Waals surface area contributed by atoms with Gasteiger partial charge in [-0.1, -0.05) is 30.3 Å². The molecule has 2 nitrogen and oxygen atoms in total. The van der Waals surface area contributed by atoms with Gasteiger partial charge in [0.25, 0.3) is 0 Å². The first kappa shape index (κ1) is 8.73. The molecule has 70 valence electrons. The lowest BCUT2D eigenvalue weighted by atomic mass is 9.99. The average molecular weight is 178 g/mol. The van der Waals surface area contributed by atoms with Crippen molar-refractivity contribution in [3.63, 3.8) is 0 Å². The van der Waals surface area contributed by atoms with Crippen LogP contribution in [-0.2, 0) is 15.3 Å². The van der Waals surface area contributed by atoms with Crippen molar-refractivity contribution < 1.29 is 9.47 Å². The van der Waals surface area contributed by atoms with E-state index < -0.39 is 5.79 Å². The molecule has 1 unspecified atom stereocenters. The molecule has 0 amide bonds. The summed E-state index contributed by atoms with van der Waals surface area (Å²) in [5.74, 6) is -0.520. The maximum absolute atomic E-state index is 5.60. The smallest absolute Gasteiger partial charge is 0.225 e. The van der Waals surface area contributed by atoms with E-state index in [1.807, 2.05) is 44.2 Å². The van der Waals surface area contributed by atoms with Gasteiger partial charge in [0.05, 0.1) is 0 Å². The standard InChI is InChI=1S/C11H14O2/c1-10(2)11(12-3,13-10)9-7-5-4-6-8-9/h4-8H,1-3H3. The van der Waals surface area contributed by atoms with Gasteiger partial charge in [-0.2, -0.15) is 0 Å². The highest BCUT2D eigenvalue weighted by molar-refractivity contribution is 5.28. The van der Waals surface area contributed by atoms with Gasteiger partial charge in [0.1, 0.15) is 5.60 Å². The van der Waals surface area contributed by atoms with Gasteiger partial charge in [-0.3, -0.25) is 0 Å². The van der Waals surface area contributed by atoms with Gasteiger partial charge in [0, 0.05) is 12.7 Å². The molecule has 2 rings (SSSR count). The molecule has 13 heavy (non-hydrogen) atoms. The van der Waals surface area contributed by atoms with Crippen molar-refractivity contribution in [2.45, 2.75) is 25.2 Å². The molecular weight excluding hydrogens is 164 g/mol. The Kier molecular flexibility index (Phi) is 1.72. The molecular formula is C11H14O2. The SMILES string of the molecule is COC1(c2ccccc2)OC1(C)C. The molecule has 0 aliphatic carbocycles. The monoisotopic (exact) mass is 178 g/mol. The molecule has 1 heterocycles. The zero-order valence-corrected chi connectivity index (χ0v) is 8.20. The Morgan fingerprint density at radius 1 is 1.15 bits per heavy atom. The topological polar surface area (TPSA) is 21.8 Å². The van der Waals surface area contributed by atoms with Crippen molar-refractivity contribution in [3.8, 4) is 0 Å². The van der Waals surface area contributed by atoms with Crippen LogP contribution < -0.4 is 0 Å². The molecule has 0 N–H and O–H groups in total. The lowest BCUT2D eigenvalue weighted by Crippen LogP contribution is -2.20. The molecule has 1 aromatic carbocycles. The van der Waals surface area contributed by atoms with Crippen LogP contribution >= 0.6 is 0 Å². The van der Waals surface area contributed by atoms with Crippen LogP contribution in [0.5, 0.6) is 0 Å². The van der Waals surface area contributed by atoms with Crippen molar-refractivity contribution in [2.24, 2.45) is 0 Å². The Labute approximate surface area is 78.5 Å². The fourth-order valence-electron chi connectivity index (χ4n) is 1.80. The molecule has 0 spiro atoms. The first-order valence-corrected chi connectivity index (χ1v) is 4.43. The predicted molar refractivity (Wildman–Crippen MR) is 50.3 cm³/mol. The van der Waals surface area contributed by atoms with E-state index in [1.165, 1.54) is 0 Å². The molecule has 0 bridgehead atoms. The van der Waals surface area contributed by atoms with Crippen LogP contribution in [0.15, 0.2) is 30.3 Å². The summed E-state index contributed by atoms with van der Waals surface area (Å²) in [6.07, 6.45) is 0. The van der Waals surface area contributed by atoms with Crippen LogP contribution in [0.4, 0.5) is 0 Å². The molecule has 1 atom stereocenters. The number of methoxy groups -OCH3 is 1. The zero-order chi connectivity index (χ0) is 9.53. The average Bonchev–Trinajstić information content (AvgIpc) is 2.72. The molecule has 1 fully saturated rings. The normalized spacial score (nSPS) is 30.1. The van der Waals surface area contributed by atoms with Gasteiger partial charge in [0.15, 0.2) is 0 Å². The molecule has 0 saturated carbocycles. The van der Waals surface area contributed by atoms with Crippen LogP contribution in [0.1, 0.15) is 19.4 Å². The van der Waals surface area contributed by atoms with Gasteiger partial charge in [-0.05, 0) is 13.8 Å². The number of benzene rings is 1. The Hall–Kier alpha value is -0.860. The summed E-state index contributed by atoms with van der Waals surface area (Å²) in [5, 5.41) is 0. The van der Waals surface area contributed by atoms with E-state index in [9.17, 15) is 0 Å². The third kappa shape index (κ3) is 1.10. The molecule has 2 heteroatoms. The van der Waals surface area contributed by atoms with Crippen molar-refractivity contribution >= 4 is 0 Å². The van der Waals surface area contributed by atoms with E-state index in [0.29, 0.717) is 0 Å².